The average molecular weight is 402 g/mol. The van der Waals surface area contributed by atoms with E-state index in [0.29, 0.717) is 24.0 Å². The first-order valence-corrected chi connectivity index (χ1v) is 12.1. The Morgan fingerprint density at radius 1 is 1.23 bits per heavy atom. The van der Waals surface area contributed by atoms with E-state index in [4.69, 9.17) is 4.42 Å². The van der Waals surface area contributed by atoms with Gasteiger partial charge in [-0.15, -0.1) is 10.2 Å². The fraction of sp³-hybridized carbons (Fsp3) is 0.824. The normalized spacial score (nSPS) is 24.9. The number of nitrogens with zero attached hydrogens (tertiary/aromatic N) is 2. The molecule has 2 atom stereocenters. The summed E-state index contributed by atoms with van der Waals surface area (Å²) in [5.74, 6) is 0.938. The van der Waals surface area contributed by atoms with E-state index in [0.717, 1.165) is 12.8 Å². The van der Waals surface area contributed by atoms with Gasteiger partial charge in [0.1, 0.15) is 0 Å². The molecule has 2 aliphatic rings. The van der Waals surface area contributed by atoms with Gasteiger partial charge in [0.2, 0.25) is 11.8 Å². The molecular weight excluding hydrogens is 374 g/mol. The van der Waals surface area contributed by atoms with E-state index in [-0.39, 0.29) is 34.6 Å². The third-order valence-corrected chi connectivity index (χ3v) is 7.86. The van der Waals surface area contributed by atoms with Gasteiger partial charge >= 0.3 is 0 Å². The van der Waals surface area contributed by atoms with Gasteiger partial charge in [0.25, 0.3) is 5.22 Å². The minimum Gasteiger partial charge on any atom is -0.416 e. The molecule has 1 aromatic heterocycles. The number of rotatable bonds is 6. The fourth-order valence-corrected chi connectivity index (χ4v) is 6.17. The van der Waals surface area contributed by atoms with Gasteiger partial charge in [0.15, 0.2) is 9.84 Å². The Labute approximate surface area is 159 Å². The molecule has 0 spiro atoms. The molecule has 1 saturated carbocycles. The molecule has 2 heterocycles. The summed E-state index contributed by atoms with van der Waals surface area (Å²) in [6.07, 6.45) is 8.10. The first kappa shape index (κ1) is 19.7. The lowest BCUT2D eigenvalue weighted by atomic mass is 10.1. The topological polar surface area (TPSA) is 102 Å². The van der Waals surface area contributed by atoms with Gasteiger partial charge in [-0.1, -0.05) is 37.4 Å². The molecule has 1 aliphatic carbocycles. The Kier molecular flexibility index (Phi) is 6.60. The molecule has 1 saturated heterocycles. The number of hydrogen-bond acceptors (Lipinski definition) is 7. The number of hydrogen-bond donors (Lipinski definition) is 1. The number of carbonyl (C=O) groups excluding carboxylic acids is 1. The summed E-state index contributed by atoms with van der Waals surface area (Å²) >= 11 is 1.25. The van der Waals surface area contributed by atoms with Crippen molar-refractivity contribution in [1.82, 2.24) is 15.5 Å². The summed E-state index contributed by atoms with van der Waals surface area (Å²) in [6.45, 7) is 1.84. The van der Waals surface area contributed by atoms with E-state index in [9.17, 15) is 13.2 Å². The monoisotopic (exact) mass is 401 g/mol. The zero-order valence-electron chi connectivity index (χ0n) is 15.1. The molecule has 0 radical (unpaired) electrons. The molecule has 26 heavy (non-hydrogen) atoms. The first-order chi connectivity index (χ1) is 12.4. The lowest BCUT2D eigenvalue weighted by molar-refractivity contribution is -0.121. The van der Waals surface area contributed by atoms with Gasteiger partial charge < -0.3 is 9.73 Å². The molecule has 3 rings (SSSR count). The van der Waals surface area contributed by atoms with Crippen LogP contribution >= 0.6 is 11.8 Å². The van der Waals surface area contributed by atoms with Crippen LogP contribution in [-0.2, 0) is 21.1 Å². The second kappa shape index (κ2) is 8.73. The maximum Gasteiger partial charge on any atom is 0.277 e. The number of nitrogens with one attached hydrogen (secondary N) is 1. The second-order valence-electron chi connectivity index (χ2n) is 7.39. The van der Waals surface area contributed by atoms with Crippen LogP contribution in [0.5, 0.6) is 0 Å². The molecular formula is C17H27N3O4S2. The van der Waals surface area contributed by atoms with Crippen molar-refractivity contribution in [2.75, 3.05) is 11.5 Å². The van der Waals surface area contributed by atoms with Crippen LogP contribution < -0.4 is 5.32 Å². The molecule has 1 aliphatic heterocycles. The van der Waals surface area contributed by atoms with E-state index < -0.39 is 9.84 Å². The Bertz CT molecular complexity index is 711. The lowest BCUT2D eigenvalue weighted by Crippen LogP contribution is -2.39. The van der Waals surface area contributed by atoms with Gasteiger partial charge in [-0.2, -0.15) is 0 Å². The van der Waals surface area contributed by atoms with E-state index in [1.54, 1.807) is 0 Å². The van der Waals surface area contributed by atoms with E-state index in [2.05, 4.69) is 15.5 Å². The predicted molar refractivity (Wildman–Crippen MR) is 99.7 cm³/mol. The highest BCUT2D eigenvalue weighted by Gasteiger charge is 2.29. The summed E-state index contributed by atoms with van der Waals surface area (Å²) in [5.41, 5.74) is 0. The highest BCUT2D eigenvalue weighted by molar-refractivity contribution is 8.00. The van der Waals surface area contributed by atoms with E-state index in [1.807, 2.05) is 6.92 Å². The van der Waals surface area contributed by atoms with Crippen molar-refractivity contribution in [3.8, 4) is 0 Å². The van der Waals surface area contributed by atoms with Crippen molar-refractivity contribution >= 4 is 27.5 Å². The van der Waals surface area contributed by atoms with Crippen LogP contribution in [0.1, 0.15) is 57.8 Å². The van der Waals surface area contributed by atoms with Crippen LogP contribution in [0.15, 0.2) is 9.64 Å². The molecule has 2 fully saturated rings. The molecule has 0 aromatic carbocycles. The summed E-state index contributed by atoms with van der Waals surface area (Å²) < 4.78 is 28.7. The number of thioether (sulfide) groups is 1. The number of amides is 1. The predicted octanol–water partition coefficient (Wildman–Crippen LogP) is 2.37. The van der Waals surface area contributed by atoms with Gasteiger partial charge in [-0.25, -0.2) is 8.42 Å². The molecule has 0 bridgehead atoms. The zero-order valence-corrected chi connectivity index (χ0v) is 16.8. The van der Waals surface area contributed by atoms with Crippen LogP contribution in [-0.4, -0.2) is 47.3 Å². The van der Waals surface area contributed by atoms with Crippen LogP contribution in [0, 0.1) is 5.92 Å². The maximum atomic E-state index is 12.4. The molecule has 7 nitrogen and oxygen atoms in total. The van der Waals surface area contributed by atoms with Crippen molar-refractivity contribution in [1.29, 1.82) is 0 Å². The maximum absolute atomic E-state index is 12.4. The third-order valence-electron chi connectivity index (χ3n) is 5.09. The fourth-order valence-electron chi connectivity index (χ4n) is 3.60. The Morgan fingerprint density at radius 3 is 2.62 bits per heavy atom. The molecule has 9 heteroatoms. The standard InChI is InChI=1S/C17H27N3O4S2/c1-12(16(21)18-14-6-4-2-3-5-7-14)25-17-20-19-15(24-17)10-13-8-9-26(22,23)11-13/h12-14H,2-11H2,1H3,(H,18,21)/t12-,13+/m0/s1. The van der Waals surface area contributed by atoms with Gasteiger partial charge in [-0.05, 0) is 32.1 Å². The molecule has 1 amide bonds. The summed E-state index contributed by atoms with van der Waals surface area (Å²) in [4.78, 5) is 12.4. The van der Waals surface area contributed by atoms with Crippen molar-refractivity contribution in [3.63, 3.8) is 0 Å². The summed E-state index contributed by atoms with van der Waals surface area (Å²) in [5, 5.41) is 11.2. The summed E-state index contributed by atoms with van der Waals surface area (Å²) in [6, 6.07) is 0.274. The number of sulfone groups is 1. The van der Waals surface area contributed by atoms with Crippen molar-refractivity contribution in [3.05, 3.63) is 5.89 Å². The van der Waals surface area contributed by atoms with Crippen LogP contribution in [0.3, 0.4) is 0 Å². The van der Waals surface area contributed by atoms with E-state index >= 15 is 0 Å². The van der Waals surface area contributed by atoms with Gasteiger partial charge in [0.05, 0.1) is 16.8 Å². The van der Waals surface area contributed by atoms with Crippen molar-refractivity contribution < 1.29 is 17.6 Å². The van der Waals surface area contributed by atoms with Gasteiger partial charge in [0, 0.05) is 12.5 Å². The minimum atomic E-state index is -2.90. The number of carbonyl (C=O) groups is 1. The van der Waals surface area contributed by atoms with E-state index in [1.165, 1.54) is 37.4 Å². The van der Waals surface area contributed by atoms with Crippen LogP contribution in [0.25, 0.3) is 0 Å². The Balaban J connectivity index is 1.47. The molecule has 0 unspecified atom stereocenters. The largest absolute Gasteiger partial charge is 0.416 e. The average Bonchev–Trinajstić information content (AvgIpc) is 3.05. The number of aromatic nitrogens is 2. The second-order valence-corrected chi connectivity index (χ2v) is 10.9. The molecule has 1 aromatic rings. The van der Waals surface area contributed by atoms with Crippen LogP contribution in [0.4, 0.5) is 0 Å². The van der Waals surface area contributed by atoms with Crippen molar-refractivity contribution in [2.24, 2.45) is 5.92 Å². The molecule has 146 valence electrons. The van der Waals surface area contributed by atoms with Crippen molar-refractivity contribution in [2.45, 2.75) is 74.8 Å². The first-order valence-electron chi connectivity index (χ1n) is 9.41. The lowest BCUT2D eigenvalue weighted by Gasteiger charge is -2.18. The molecule has 1 N–H and O–H groups in total. The Morgan fingerprint density at radius 2 is 1.96 bits per heavy atom. The zero-order chi connectivity index (χ0) is 18.6. The van der Waals surface area contributed by atoms with Crippen LogP contribution in [0.2, 0.25) is 0 Å². The highest BCUT2D eigenvalue weighted by atomic mass is 32.2. The quantitative estimate of drug-likeness (QED) is 0.576. The highest BCUT2D eigenvalue weighted by Crippen LogP contribution is 2.26. The van der Waals surface area contributed by atoms with Gasteiger partial charge in [-0.3, -0.25) is 4.79 Å². The summed E-state index contributed by atoms with van der Waals surface area (Å²) in [7, 11) is -2.90. The Hall–Kier alpha value is -1.09. The third kappa shape index (κ3) is 5.70. The minimum absolute atomic E-state index is 0.00327. The SMILES string of the molecule is C[C@H](Sc1nnc(C[C@H]2CCS(=O)(=O)C2)o1)C(=O)NC1CCCCCC1. The smallest absolute Gasteiger partial charge is 0.277 e.